The Kier molecular flexibility index (Phi) is 4.45. The third kappa shape index (κ3) is 3.19. The molecule has 0 spiro atoms. The summed E-state index contributed by atoms with van der Waals surface area (Å²) in [7, 11) is 0. The standard InChI is InChI=1S/C21H14ClN7O/c22-14-6-7-18(24-12-14)26-21(30)19-17-13-23-10-11-28(17)20(27-19)16-8-9-25-29(16)15-4-2-1-3-5-15/h1-13H,(H,24,26,30). The average Bonchev–Trinajstić information content (AvgIpc) is 3.41. The van der Waals surface area contributed by atoms with Gasteiger partial charge in [0.15, 0.2) is 11.5 Å². The maximum atomic E-state index is 12.9. The summed E-state index contributed by atoms with van der Waals surface area (Å²) in [4.78, 5) is 25.8. The van der Waals surface area contributed by atoms with Crippen LogP contribution in [0, 0.1) is 0 Å². The number of carbonyl (C=O) groups is 1. The Morgan fingerprint density at radius 2 is 1.87 bits per heavy atom. The molecule has 0 aliphatic rings. The number of nitrogens with one attached hydrogen (secondary N) is 1. The van der Waals surface area contributed by atoms with E-state index in [2.05, 4.69) is 25.4 Å². The summed E-state index contributed by atoms with van der Waals surface area (Å²) in [6, 6.07) is 14.9. The van der Waals surface area contributed by atoms with Crippen molar-refractivity contribution in [3.8, 4) is 17.2 Å². The number of anilines is 1. The molecule has 9 heteroatoms. The second kappa shape index (κ2) is 7.41. The molecule has 146 valence electrons. The number of benzene rings is 1. The molecule has 1 amide bonds. The third-order valence-electron chi connectivity index (χ3n) is 4.50. The Morgan fingerprint density at radius 3 is 2.67 bits per heavy atom. The third-order valence-corrected chi connectivity index (χ3v) is 4.73. The number of rotatable bonds is 4. The Balaban J connectivity index is 1.60. The number of hydrogen-bond donors (Lipinski definition) is 1. The average molecular weight is 416 g/mol. The van der Waals surface area contributed by atoms with Crippen LogP contribution in [0.3, 0.4) is 0 Å². The quantitative estimate of drug-likeness (QED) is 0.481. The van der Waals surface area contributed by atoms with E-state index in [9.17, 15) is 4.79 Å². The van der Waals surface area contributed by atoms with E-state index in [-0.39, 0.29) is 5.69 Å². The molecule has 0 bridgehead atoms. The van der Waals surface area contributed by atoms with Crippen molar-refractivity contribution in [2.45, 2.75) is 0 Å². The van der Waals surface area contributed by atoms with Crippen molar-refractivity contribution >= 4 is 28.8 Å². The van der Waals surface area contributed by atoms with Gasteiger partial charge in [0.2, 0.25) is 0 Å². The number of carbonyl (C=O) groups excluding carboxylic acids is 1. The van der Waals surface area contributed by atoms with Crippen LogP contribution < -0.4 is 5.32 Å². The molecular weight excluding hydrogens is 402 g/mol. The molecule has 0 fully saturated rings. The highest BCUT2D eigenvalue weighted by Gasteiger charge is 2.21. The number of imidazole rings is 1. The minimum atomic E-state index is -0.396. The zero-order chi connectivity index (χ0) is 20.5. The van der Waals surface area contributed by atoms with E-state index in [1.54, 1.807) is 41.6 Å². The van der Waals surface area contributed by atoms with Gasteiger partial charge in [0.1, 0.15) is 11.5 Å². The fourth-order valence-electron chi connectivity index (χ4n) is 3.16. The van der Waals surface area contributed by atoms with Gasteiger partial charge in [0, 0.05) is 18.6 Å². The van der Waals surface area contributed by atoms with E-state index in [0.717, 1.165) is 11.4 Å². The Bertz CT molecular complexity index is 1340. The molecule has 0 atom stereocenters. The Hall–Kier alpha value is -4.04. The first kappa shape index (κ1) is 18.0. The number of amides is 1. The van der Waals surface area contributed by atoms with Gasteiger partial charge in [-0.2, -0.15) is 5.10 Å². The molecule has 1 aromatic carbocycles. The molecule has 5 rings (SSSR count). The van der Waals surface area contributed by atoms with Crippen LogP contribution >= 0.6 is 11.6 Å². The molecule has 0 aliphatic heterocycles. The zero-order valence-corrected chi connectivity index (χ0v) is 16.2. The zero-order valence-electron chi connectivity index (χ0n) is 15.5. The molecule has 1 N–H and O–H groups in total. The molecule has 30 heavy (non-hydrogen) atoms. The summed E-state index contributed by atoms with van der Waals surface area (Å²) < 4.78 is 3.59. The fraction of sp³-hybridized carbons (Fsp3) is 0. The van der Waals surface area contributed by atoms with Gasteiger partial charge in [-0.15, -0.1) is 0 Å². The van der Waals surface area contributed by atoms with E-state index in [0.29, 0.717) is 22.2 Å². The SMILES string of the molecule is O=C(Nc1ccc(Cl)cn1)c1nc(-c2ccnn2-c2ccccc2)n2ccncc12. The molecule has 0 unspecified atom stereocenters. The van der Waals surface area contributed by atoms with E-state index < -0.39 is 5.91 Å². The Morgan fingerprint density at radius 1 is 1.00 bits per heavy atom. The monoisotopic (exact) mass is 415 g/mol. The van der Waals surface area contributed by atoms with Crippen LogP contribution in [0.4, 0.5) is 5.82 Å². The number of para-hydroxylation sites is 1. The maximum Gasteiger partial charge on any atom is 0.277 e. The van der Waals surface area contributed by atoms with E-state index in [1.807, 2.05) is 40.8 Å². The van der Waals surface area contributed by atoms with Gasteiger partial charge in [0.05, 0.1) is 28.6 Å². The number of fused-ring (bicyclic) bond motifs is 1. The maximum absolute atomic E-state index is 12.9. The van der Waals surface area contributed by atoms with Crippen LogP contribution in [0.25, 0.3) is 22.7 Å². The van der Waals surface area contributed by atoms with E-state index >= 15 is 0 Å². The molecular formula is C21H14ClN7O. The second-order valence-corrected chi connectivity index (χ2v) is 6.83. The minimum absolute atomic E-state index is 0.232. The van der Waals surface area contributed by atoms with Crippen LogP contribution in [-0.4, -0.2) is 35.0 Å². The van der Waals surface area contributed by atoms with Gasteiger partial charge < -0.3 is 5.32 Å². The van der Waals surface area contributed by atoms with Crippen LogP contribution in [0.1, 0.15) is 10.5 Å². The first-order valence-electron chi connectivity index (χ1n) is 9.05. The number of halogens is 1. The lowest BCUT2D eigenvalue weighted by atomic mass is 10.3. The van der Waals surface area contributed by atoms with Gasteiger partial charge in [-0.05, 0) is 30.3 Å². The van der Waals surface area contributed by atoms with Gasteiger partial charge in [-0.1, -0.05) is 29.8 Å². The molecule has 0 saturated carbocycles. The van der Waals surface area contributed by atoms with Crippen LogP contribution in [0.15, 0.2) is 79.5 Å². The Labute approximate surface area is 175 Å². The van der Waals surface area contributed by atoms with Gasteiger partial charge in [0.25, 0.3) is 5.91 Å². The molecule has 0 saturated heterocycles. The summed E-state index contributed by atoms with van der Waals surface area (Å²) in [6.45, 7) is 0. The molecule has 0 aliphatic carbocycles. The van der Waals surface area contributed by atoms with Crippen molar-refractivity contribution in [3.05, 3.63) is 90.2 Å². The highest BCUT2D eigenvalue weighted by atomic mass is 35.5. The minimum Gasteiger partial charge on any atom is -0.305 e. The first-order valence-corrected chi connectivity index (χ1v) is 9.43. The molecule has 0 radical (unpaired) electrons. The largest absolute Gasteiger partial charge is 0.305 e. The van der Waals surface area contributed by atoms with Crippen molar-refractivity contribution in [3.63, 3.8) is 0 Å². The lowest BCUT2D eigenvalue weighted by Gasteiger charge is -2.06. The highest BCUT2D eigenvalue weighted by molar-refractivity contribution is 6.30. The van der Waals surface area contributed by atoms with Crippen LogP contribution in [-0.2, 0) is 0 Å². The van der Waals surface area contributed by atoms with E-state index in [1.165, 1.54) is 6.20 Å². The summed E-state index contributed by atoms with van der Waals surface area (Å²) in [5, 5.41) is 7.66. The summed E-state index contributed by atoms with van der Waals surface area (Å²) >= 11 is 5.86. The molecule has 4 aromatic heterocycles. The smallest absolute Gasteiger partial charge is 0.277 e. The van der Waals surface area contributed by atoms with E-state index in [4.69, 9.17) is 11.6 Å². The predicted octanol–water partition coefficient (Wildman–Crippen LogP) is 3.88. The summed E-state index contributed by atoms with van der Waals surface area (Å²) in [6.07, 6.45) is 8.17. The summed E-state index contributed by atoms with van der Waals surface area (Å²) in [5.41, 5.74) is 2.43. The number of hydrogen-bond acceptors (Lipinski definition) is 5. The number of nitrogens with zero attached hydrogens (tertiary/aromatic N) is 6. The highest BCUT2D eigenvalue weighted by Crippen LogP contribution is 2.25. The van der Waals surface area contributed by atoms with Crippen LogP contribution in [0.2, 0.25) is 5.02 Å². The van der Waals surface area contributed by atoms with Crippen LogP contribution in [0.5, 0.6) is 0 Å². The van der Waals surface area contributed by atoms with Crippen molar-refractivity contribution in [2.75, 3.05) is 5.32 Å². The van der Waals surface area contributed by atoms with Gasteiger partial charge in [-0.3, -0.25) is 14.2 Å². The van der Waals surface area contributed by atoms with Crippen molar-refractivity contribution in [1.29, 1.82) is 0 Å². The predicted molar refractivity (Wildman–Crippen MR) is 113 cm³/mol. The van der Waals surface area contributed by atoms with Crippen molar-refractivity contribution in [2.24, 2.45) is 0 Å². The molecule has 8 nitrogen and oxygen atoms in total. The summed E-state index contributed by atoms with van der Waals surface area (Å²) in [5.74, 6) is 0.556. The lowest BCUT2D eigenvalue weighted by molar-refractivity contribution is 0.102. The first-order chi connectivity index (χ1) is 14.7. The van der Waals surface area contributed by atoms with Crippen molar-refractivity contribution < 1.29 is 4.79 Å². The van der Waals surface area contributed by atoms with Gasteiger partial charge in [-0.25, -0.2) is 14.6 Å². The molecule has 4 heterocycles. The lowest BCUT2D eigenvalue weighted by Crippen LogP contribution is -2.13. The van der Waals surface area contributed by atoms with Crippen molar-refractivity contribution in [1.82, 2.24) is 29.1 Å². The number of pyridine rings is 1. The van der Waals surface area contributed by atoms with Gasteiger partial charge >= 0.3 is 0 Å². The normalized spacial score (nSPS) is 11.0. The topological polar surface area (TPSA) is 90.0 Å². The molecule has 5 aromatic rings. The second-order valence-electron chi connectivity index (χ2n) is 6.40. The number of aromatic nitrogens is 6. The fourth-order valence-corrected chi connectivity index (χ4v) is 3.27.